The van der Waals surface area contributed by atoms with Crippen LogP contribution in [0.2, 0.25) is 0 Å². The zero-order valence-electron chi connectivity index (χ0n) is 12.2. The second-order valence-electron chi connectivity index (χ2n) is 4.53. The van der Waals surface area contributed by atoms with Crippen LogP contribution in [-0.4, -0.2) is 38.7 Å². The van der Waals surface area contributed by atoms with Crippen molar-refractivity contribution in [2.24, 2.45) is 5.73 Å². The molecule has 5 heteroatoms. The van der Waals surface area contributed by atoms with Gasteiger partial charge in [0, 0.05) is 13.6 Å². The first-order chi connectivity index (χ1) is 8.92. The second kappa shape index (κ2) is 6.31. The molecule has 0 saturated carbocycles. The number of ether oxygens (including phenoxy) is 2. The third-order valence-corrected chi connectivity index (χ3v) is 3.39. The summed E-state index contributed by atoms with van der Waals surface area (Å²) in [5.74, 6) is 1.67. The molecule has 2 N–H and O–H groups in total. The molecule has 0 fully saturated rings. The van der Waals surface area contributed by atoms with Gasteiger partial charge in [-0.25, -0.2) is 4.79 Å². The van der Waals surface area contributed by atoms with E-state index < -0.39 is 6.03 Å². The van der Waals surface area contributed by atoms with E-state index in [4.69, 9.17) is 15.2 Å². The quantitative estimate of drug-likeness (QED) is 0.885. The molecular formula is C14H22N2O3. The highest BCUT2D eigenvalue weighted by atomic mass is 16.5. The maximum atomic E-state index is 11.0. The Hall–Kier alpha value is -1.91. The summed E-state index contributed by atoms with van der Waals surface area (Å²) >= 11 is 0. The van der Waals surface area contributed by atoms with E-state index in [9.17, 15) is 4.79 Å². The predicted octanol–water partition coefficient (Wildman–Crippen LogP) is 1.87. The van der Waals surface area contributed by atoms with Gasteiger partial charge in [0.1, 0.15) is 11.5 Å². The standard InChI is InChI=1S/C14H22N2O3/c1-9-10(2)13(19-5)11(8-12(9)18-4)6-7-16(3)14(15)17/h8H,6-7H2,1-5H3,(H2,15,17). The minimum absolute atomic E-state index is 0.435. The topological polar surface area (TPSA) is 64.8 Å². The molecule has 1 rings (SSSR count). The summed E-state index contributed by atoms with van der Waals surface area (Å²) in [5.41, 5.74) is 8.34. The molecule has 0 heterocycles. The van der Waals surface area contributed by atoms with Gasteiger partial charge in [-0.05, 0) is 43.0 Å². The van der Waals surface area contributed by atoms with E-state index in [1.54, 1.807) is 21.3 Å². The molecule has 5 nitrogen and oxygen atoms in total. The molecule has 0 radical (unpaired) electrons. The van der Waals surface area contributed by atoms with Crippen LogP contribution in [0.5, 0.6) is 11.5 Å². The van der Waals surface area contributed by atoms with Gasteiger partial charge in [-0.2, -0.15) is 0 Å². The van der Waals surface area contributed by atoms with Gasteiger partial charge in [-0.3, -0.25) is 0 Å². The van der Waals surface area contributed by atoms with Crippen molar-refractivity contribution in [3.05, 3.63) is 22.8 Å². The summed E-state index contributed by atoms with van der Waals surface area (Å²) in [6, 6.07) is 1.52. The zero-order valence-corrected chi connectivity index (χ0v) is 12.2. The van der Waals surface area contributed by atoms with Gasteiger partial charge in [0.25, 0.3) is 0 Å². The van der Waals surface area contributed by atoms with Crippen LogP contribution in [0, 0.1) is 13.8 Å². The molecule has 0 aliphatic carbocycles. The van der Waals surface area contributed by atoms with E-state index in [1.165, 1.54) is 4.90 Å². The van der Waals surface area contributed by atoms with Crippen molar-refractivity contribution in [3.8, 4) is 11.5 Å². The average Bonchev–Trinajstić information content (AvgIpc) is 2.39. The number of nitrogens with two attached hydrogens (primary N) is 1. The molecule has 1 aromatic carbocycles. The number of amides is 2. The fourth-order valence-electron chi connectivity index (χ4n) is 2.01. The van der Waals surface area contributed by atoms with Crippen molar-refractivity contribution in [2.45, 2.75) is 20.3 Å². The number of nitrogens with zero attached hydrogens (tertiary/aromatic N) is 1. The summed E-state index contributed by atoms with van der Waals surface area (Å²) in [6.45, 7) is 4.53. The molecule has 0 saturated heterocycles. The first kappa shape index (κ1) is 15.1. The molecule has 0 aromatic heterocycles. The SMILES string of the molecule is COc1cc(CCN(C)C(N)=O)c(OC)c(C)c1C. The van der Waals surface area contributed by atoms with Crippen LogP contribution in [0.15, 0.2) is 6.07 Å². The van der Waals surface area contributed by atoms with Crippen LogP contribution in [0.3, 0.4) is 0 Å². The van der Waals surface area contributed by atoms with Crippen LogP contribution in [-0.2, 0) is 6.42 Å². The summed E-state index contributed by atoms with van der Waals surface area (Å²) in [5, 5.41) is 0. The Bertz CT molecular complexity index is 472. The molecule has 0 aliphatic rings. The van der Waals surface area contributed by atoms with Gasteiger partial charge in [-0.1, -0.05) is 0 Å². The highest BCUT2D eigenvalue weighted by Crippen LogP contribution is 2.33. The van der Waals surface area contributed by atoms with Crippen LogP contribution in [0.4, 0.5) is 4.79 Å². The van der Waals surface area contributed by atoms with Gasteiger partial charge < -0.3 is 20.1 Å². The molecule has 0 aliphatic heterocycles. The molecule has 0 unspecified atom stereocenters. The molecule has 0 spiro atoms. The number of benzene rings is 1. The normalized spacial score (nSPS) is 10.2. The van der Waals surface area contributed by atoms with Crippen molar-refractivity contribution in [1.82, 2.24) is 4.90 Å². The minimum Gasteiger partial charge on any atom is -0.496 e. The Morgan fingerprint density at radius 1 is 1.26 bits per heavy atom. The highest BCUT2D eigenvalue weighted by molar-refractivity contribution is 5.71. The summed E-state index contributed by atoms with van der Waals surface area (Å²) in [4.78, 5) is 12.5. The molecule has 19 heavy (non-hydrogen) atoms. The number of primary amides is 1. The van der Waals surface area contributed by atoms with E-state index in [0.29, 0.717) is 13.0 Å². The smallest absolute Gasteiger partial charge is 0.314 e. The molecule has 2 amide bonds. The van der Waals surface area contributed by atoms with Crippen LogP contribution in [0.25, 0.3) is 0 Å². The number of rotatable bonds is 5. The number of hydrogen-bond donors (Lipinski definition) is 1. The van der Waals surface area contributed by atoms with Crippen molar-refractivity contribution in [1.29, 1.82) is 0 Å². The lowest BCUT2D eigenvalue weighted by atomic mass is 10.0. The summed E-state index contributed by atoms with van der Waals surface area (Å²) < 4.78 is 10.8. The first-order valence-electron chi connectivity index (χ1n) is 6.14. The maximum Gasteiger partial charge on any atom is 0.314 e. The van der Waals surface area contributed by atoms with Gasteiger partial charge in [0.15, 0.2) is 0 Å². The number of carbonyl (C=O) groups is 1. The Morgan fingerprint density at radius 2 is 1.89 bits per heavy atom. The third-order valence-electron chi connectivity index (χ3n) is 3.39. The third kappa shape index (κ3) is 3.30. The van der Waals surface area contributed by atoms with E-state index in [-0.39, 0.29) is 0 Å². The van der Waals surface area contributed by atoms with E-state index >= 15 is 0 Å². The molecule has 0 bridgehead atoms. The Balaban J connectivity index is 3.05. The van der Waals surface area contributed by atoms with Crippen LogP contribution < -0.4 is 15.2 Å². The Kier molecular flexibility index (Phi) is 5.03. The van der Waals surface area contributed by atoms with Gasteiger partial charge in [0.2, 0.25) is 0 Å². The van der Waals surface area contributed by atoms with E-state index in [2.05, 4.69) is 0 Å². The fourth-order valence-corrected chi connectivity index (χ4v) is 2.01. The summed E-state index contributed by atoms with van der Waals surface area (Å²) in [6.07, 6.45) is 0.667. The molecule has 106 valence electrons. The van der Waals surface area contributed by atoms with E-state index in [1.807, 2.05) is 19.9 Å². The van der Waals surface area contributed by atoms with Crippen molar-refractivity contribution >= 4 is 6.03 Å². The summed E-state index contributed by atoms with van der Waals surface area (Å²) in [7, 11) is 4.97. The lowest BCUT2D eigenvalue weighted by Crippen LogP contribution is -2.33. The molecular weight excluding hydrogens is 244 g/mol. The number of hydrogen-bond acceptors (Lipinski definition) is 3. The van der Waals surface area contributed by atoms with Crippen molar-refractivity contribution < 1.29 is 14.3 Å². The molecule has 1 aromatic rings. The second-order valence-corrected chi connectivity index (χ2v) is 4.53. The Labute approximate surface area is 114 Å². The number of methoxy groups -OCH3 is 2. The van der Waals surface area contributed by atoms with Gasteiger partial charge in [-0.15, -0.1) is 0 Å². The number of carbonyl (C=O) groups excluding carboxylic acids is 1. The number of urea groups is 1. The van der Waals surface area contributed by atoms with Crippen molar-refractivity contribution in [3.63, 3.8) is 0 Å². The maximum absolute atomic E-state index is 11.0. The Morgan fingerprint density at radius 3 is 2.37 bits per heavy atom. The van der Waals surface area contributed by atoms with Crippen LogP contribution >= 0.6 is 0 Å². The largest absolute Gasteiger partial charge is 0.496 e. The van der Waals surface area contributed by atoms with E-state index in [0.717, 1.165) is 28.2 Å². The fraction of sp³-hybridized carbons (Fsp3) is 0.500. The van der Waals surface area contributed by atoms with Gasteiger partial charge >= 0.3 is 6.03 Å². The van der Waals surface area contributed by atoms with Crippen LogP contribution in [0.1, 0.15) is 16.7 Å². The zero-order chi connectivity index (χ0) is 14.6. The van der Waals surface area contributed by atoms with Gasteiger partial charge in [0.05, 0.1) is 14.2 Å². The minimum atomic E-state index is -0.435. The lowest BCUT2D eigenvalue weighted by molar-refractivity contribution is 0.219. The lowest BCUT2D eigenvalue weighted by Gasteiger charge is -2.19. The monoisotopic (exact) mass is 266 g/mol. The predicted molar refractivity (Wildman–Crippen MR) is 74.9 cm³/mol. The average molecular weight is 266 g/mol. The van der Waals surface area contributed by atoms with Crippen molar-refractivity contribution in [2.75, 3.05) is 27.8 Å². The highest BCUT2D eigenvalue weighted by Gasteiger charge is 2.14. The number of likely N-dealkylation sites (N-methyl/N-ethyl adjacent to an activating group) is 1. The first-order valence-corrected chi connectivity index (χ1v) is 6.14. The molecule has 0 atom stereocenters.